The number of hydrogen-bond acceptors (Lipinski definition) is 1. The van der Waals surface area contributed by atoms with Crippen molar-refractivity contribution in [3.63, 3.8) is 0 Å². The molecule has 0 bridgehead atoms. The Kier molecular flexibility index (Phi) is 3.41. The molecule has 0 saturated carbocycles. The van der Waals surface area contributed by atoms with Crippen molar-refractivity contribution in [1.29, 1.82) is 0 Å². The molecule has 0 radical (unpaired) electrons. The zero-order valence-corrected chi connectivity index (χ0v) is 8.81. The van der Waals surface area contributed by atoms with Crippen LogP contribution in [0.4, 0.5) is 0 Å². The first-order chi connectivity index (χ1) is 5.79. The van der Waals surface area contributed by atoms with E-state index in [0.717, 1.165) is 15.9 Å². The van der Waals surface area contributed by atoms with Gasteiger partial charge < -0.3 is 9.72 Å². The summed E-state index contributed by atoms with van der Waals surface area (Å²) in [6, 6.07) is 1.96. The van der Waals surface area contributed by atoms with Crippen molar-refractivity contribution in [3.05, 3.63) is 28.5 Å². The van der Waals surface area contributed by atoms with E-state index < -0.39 is 0 Å². The summed E-state index contributed by atoms with van der Waals surface area (Å²) in [5.74, 6) is 0.884. The first-order valence-corrected chi connectivity index (χ1v) is 4.71. The molecule has 0 aliphatic carbocycles. The highest BCUT2D eigenvalue weighted by Crippen LogP contribution is 2.23. The molecule has 0 aromatic carbocycles. The summed E-state index contributed by atoms with van der Waals surface area (Å²) in [5, 5.41) is 0. The smallest absolute Gasteiger partial charge is 0.139 e. The highest BCUT2D eigenvalue weighted by molar-refractivity contribution is 9.10. The first kappa shape index (κ1) is 9.39. The number of halogens is 1. The minimum atomic E-state index is 0.686. The van der Waals surface area contributed by atoms with Crippen molar-refractivity contribution in [2.45, 2.75) is 13.8 Å². The van der Waals surface area contributed by atoms with Gasteiger partial charge in [0.15, 0.2) is 0 Å². The van der Waals surface area contributed by atoms with Gasteiger partial charge in [-0.05, 0) is 41.9 Å². The summed E-state index contributed by atoms with van der Waals surface area (Å²) in [6.45, 7) is 4.61. The summed E-state index contributed by atoms with van der Waals surface area (Å²) in [6.07, 6.45) is 3.82. The van der Waals surface area contributed by atoms with Gasteiger partial charge in [-0.25, -0.2) is 0 Å². The van der Waals surface area contributed by atoms with Crippen LogP contribution in [0.2, 0.25) is 0 Å². The highest BCUT2D eigenvalue weighted by Gasteiger charge is 2.05. The lowest BCUT2D eigenvalue weighted by Gasteiger charge is -2.06. The highest BCUT2D eigenvalue weighted by atomic mass is 79.9. The van der Waals surface area contributed by atoms with Gasteiger partial charge in [0.1, 0.15) is 5.76 Å². The molecular formula is C9H12BrNO. The Morgan fingerprint density at radius 2 is 2.50 bits per heavy atom. The van der Waals surface area contributed by atoms with Gasteiger partial charge in [-0.1, -0.05) is 0 Å². The summed E-state index contributed by atoms with van der Waals surface area (Å²) in [7, 11) is 0. The third-order valence-electron chi connectivity index (χ3n) is 1.50. The number of H-pyrrole nitrogens is 1. The Balaban J connectivity index is 2.88. The van der Waals surface area contributed by atoms with E-state index in [2.05, 4.69) is 20.9 Å². The Hall–Kier alpha value is -0.700. The lowest BCUT2D eigenvalue weighted by molar-refractivity contribution is 0.296. The molecule has 1 rings (SSSR count). The summed E-state index contributed by atoms with van der Waals surface area (Å²) >= 11 is 3.43. The zero-order valence-electron chi connectivity index (χ0n) is 7.23. The minimum Gasteiger partial charge on any atom is -0.492 e. The summed E-state index contributed by atoms with van der Waals surface area (Å²) in [5.41, 5.74) is 0.999. The Bertz CT molecular complexity index is 278. The molecule has 2 nitrogen and oxygen atoms in total. The molecule has 12 heavy (non-hydrogen) atoms. The molecule has 0 unspecified atom stereocenters. The molecular weight excluding hydrogens is 218 g/mol. The van der Waals surface area contributed by atoms with Crippen molar-refractivity contribution < 1.29 is 4.74 Å². The van der Waals surface area contributed by atoms with Crippen LogP contribution in [0.5, 0.6) is 0 Å². The SMILES string of the molecule is CC=C(OCC)c1[nH]ccc1Br. The number of allylic oxidation sites excluding steroid dienone is 1. The monoisotopic (exact) mass is 229 g/mol. The van der Waals surface area contributed by atoms with Crippen LogP contribution in [0.1, 0.15) is 19.5 Å². The number of aromatic amines is 1. The average molecular weight is 230 g/mol. The summed E-state index contributed by atoms with van der Waals surface area (Å²) in [4.78, 5) is 3.10. The van der Waals surface area contributed by atoms with Crippen molar-refractivity contribution in [1.82, 2.24) is 4.98 Å². The predicted octanol–water partition coefficient (Wildman–Crippen LogP) is 3.17. The van der Waals surface area contributed by atoms with Crippen LogP contribution in [-0.4, -0.2) is 11.6 Å². The number of aromatic nitrogens is 1. The third kappa shape index (κ3) is 1.91. The maximum Gasteiger partial charge on any atom is 0.139 e. The molecule has 1 N–H and O–H groups in total. The van der Waals surface area contributed by atoms with E-state index in [1.165, 1.54) is 0 Å². The van der Waals surface area contributed by atoms with Crippen LogP contribution in [0, 0.1) is 0 Å². The largest absolute Gasteiger partial charge is 0.492 e. The second kappa shape index (κ2) is 4.36. The Labute approximate surface area is 80.8 Å². The second-order valence-corrected chi connectivity index (χ2v) is 3.14. The molecule has 0 spiro atoms. The van der Waals surface area contributed by atoms with Gasteiger partial charge in [0.2, 0.25) is 0 Å². The maximum absolute atomic E-state index is 5.42. The van der Waals surface area contributed by atoms with Crippen molar-refractivity contribution in [2.24, 2.45) is 0 Å². The molecule has 0 amide bonds. The van der Waals surface area contributed by atoms with Gasteiger partial charge in [-0.2, -0.15) is 0 Å². The van der Waals surface area contributed by atoms with Gasteiger partial charge in [0.05, 0.1) is 12.3 Å². The van der Waals surface area contributed by atoms with E-state index in [9.17, 15) is 0 Å². The van der Waals surface area contributed by atoms with E-state index in [0.29, 0.717) is 6.61 Å². The molecule has 0 aliphatic rings. The van der Waals surface area contributed by atoms with Crippen LogP contribution in [0.3, 0.4) is 0 Å². The fourth-order valence-corrected chi connectivity index (χ4v) is 1.44. The minimum absolute atomic E-state index is 0.686. The lowest BCUT2D eigenvalue weighted by atomic mass is 10.3. The standard InChI is InChI=1S/C9H12BrNO/c1-3-8(12-4-2)9-7(10)5-6-11-9/h3,5-6,11H,4H2,1-2H3. The predicted molar refractivity (Wildman–Crippen MR) is 53.8 cm³/mol. The molecule has 1 heterocycles. The Morgan fingerprint density at radius 3 is 2.92 bits per heavy atom. The van der Waals surface area contributed by atoms with E-state index in [1.54, 1.807) is 0 Å². The average Bonchev–Trinajstić information content (AvgIpc) is 2.47. The van der Waals surface area contributed by atoms with E-state index in [-0.39, 0.29) is 0 Å². The fraction of sp³-hybridized carbons (Fsp3) is 0.333. The van der Waals surface area contributed by atoms with Gasteiger partial charge in [0, 0.05) is 10.7 Å². The molecule has 1 aromatic heterocycles. The molecule has 0 saturated heterocycles. The number of hydrogen-bond donors (Lipinski definition) is 1. The molecule has 66 valence electrons. The quantitative estimate of drug-likeness (QED) is 0.792. The molecule has 1 aromatic rings. The van der Waals surface area contributed by atoms with Crippen molar-refractivity contribution >= 4 is 21.7 Å². The molecule has 0 aliphatic heterocycles. The molecule has 0 fully saturated rings. The fourth-order valence-electron chi connectivity index (χ4n) is 0.995. The van der Waals surface area contributed by atoms with Crippen LogP contribution in [0.25, 0.3) is 5.76 Å². The number of rotatable bonds is 3. The lowest BCUT2D eigenvalue weighted by Crippen LogP contribution is -1.91. The van der Waals surface area contributed by atoms with E-state index in [1.807, 2.05) is 32.2 Å². The summed E-state index contributed by atoms with van der Waals surface area (Å²) < 4.78 is 6.45. The van der Waals surface area contributed by atoms with Gasteiger partial charge in [-0.15, -0.1) is 0 Å². The van der Waals surface area contributed by atoms with E-state index in [4.69, 9.17) is 4.74 Å². The topological polar surface area (TPSA) is 25.0 Å². The van der Waals surface area contributed by atoms with Crippen molar-refractivity contribution in [2.75, 3.05) is 6.61 Å². The van der Waals surface area contributed by atoms with Gasteiger partial charge in [0.25, 0.3) is 0 Å². The van der Waals surface area contributed by atoms with Crippen LogP contribution in [-0.2, 0) is 4.74 Å². The maximum atomic E-state index is 5.42. The number of nitrogens with one attached hydrogen (secondary N) is 1. The van der Waals surface area contributed by atoms with Crippen LogP contribution < -0.4 is 0 Å². The van der Waals surface area contributed by atoms with Crippen LogP contribution in [0.15, 0.2) is 22.8 Å². The molecule has 0 atom stereocenters. The zero-order chi connectivity index (χ0) is 8.97. The number of ether oxygens (including phenoxy) is 1. The van der Waals surface area contributed by atoms with Gasteiger partial charge in [-0.3, -0.25) is 0 Å². The normalized spacial score (nSPS) is 11.8. The second-order valence-electron chi connectivity index (χ2n) is 2.29. The van der Waals surface area contributed by atoms with Crippen LogP contribution >= 0.6 is 15.9 Å². The third-order valence-corrected chi connectivity index (χ3v) is 2.17. The molecule has 3 heteroatoms. The van der Waals surface area contributed by atoms with Crippen molar-refractivity contribution in [3.8, 4) is 0 Å². The van der Waals surface area contributed by atoms with E-state index >= 15 is 0 Å². The Morgan fingerprint density at radius 1 is 1.75 bits per heavy atom. The first-order valence-electron chi connectivity index (χ1n) is 3.92. The van der Waals surface area contributed by atoms with Gasteiger partial charge >= 0.3 is 0 Å².